The number of benzene rings is 2. The summed E-state index contributed by atoms with van der Waals surface area (Å²) in [6.07, 6.45) is -0.706. The second-order valence-corrected chi connectivity index (χ2v) is 5.86. The van der Waals surface area contributed by atoms with Gasteiger partial charge in [0.05, 0.1) is 10.0 Å². The molecular formula is C16H13Cl3O2. The van der Waals surface area contributed by atoms with Crippen LogP contribution in [0.5, 0.6) is 5.75 Å². The molecule has 0 bridgehead atoms. The summed E-state index contributed by atoms with van der Waals surface area (Å²) >= 11 is 18.0. The van der Waals surface area contributed by atoms with Crippen LogP contribution in [0, 0.1) is 6.92 Å². The average molecular weight is 344 g/mol. The van der Waals surface area contributed by atoms with Crippen LogP contribution in [0.4, 0.5) is 0 Å². The van der Waals surface area contributed by atoms with E-state index < -0.39 is 6.10 Å². The first kappa shape index (κ1) is 16.2. The average Bonchev–Trinajstić information content (AvgIpc) is 2.44. The summed E-state index contributed by atoms with van der Waals surface area (Å²) in [5.74, 6) is 0.209. The topological polar surface area (TPSA) is 26.3 Å². The molecule has 2 aromatic carbocycles. The molecule has 0 fully saturated rings. The van der Waals surface area contributed by atoms with E-state index in [2.05, 4.69) is 0 Å². The second-order valence-electron chi connectivity index (χ2n) is 4.64. The van der Waals surface area contributed by atoms with Gasteiger partial charge in [-0.2, -0.15) is 0 Å². The standard InChI is InChI=1S/C16H13Cl3O2/c1-9-4-3-5-12(15(9)19)16(20)10(2)21-14-7-6-11(17)8-13(14)18/h3-8,10H,1-2H3. The maximum absolute atomic E-state index is 12.4. The molecule has 110 valence electrons. The maximum atomic E-state index is 12.4. The van der Waals surface area contributed by atoms with E-state index in [0.29, 0.717) is 26.4 Å². The number of carbonyl (C=O) groups excluding carboxylic acids is 1. The fraction of sp³-hybridized carbons (Fsp3) is 0.188. The fourth-order valence-electron chi connectivity index (χ4n) is 1.87. The predicted molar refractivity (Wildman–Crippen MR) is 87.1 cm³/mol. The molecule has 2 aromatic rings. The third-order valence-corrected chi connectivity index (χ3v) is 4.06. The molecule has 0 saturated carbocycles. The number of rotatable bonds is 4. The van der Waals surface area contributed by atoms with Crippen molar-refractivity contribution in [1.29, 1.82) is 0 Å². The monoisotopic (exact) mass is 342 g/mol. The maximum Gasteiger partial charge on any atom is 0.204 e. The number of carbonyl (C=O) groups is 1. The van der Waals surface area contributed by atoms with Gasteiger partial charge < -0.3 is 4.74 Å². The molecule has 5 heteroatoms. The molecule has 0 aromatic heterocycles. The van der Waals surface area contributed by atoms with Crippen molar-refractivity contribution in [2.45, 2.75) is 20.0 Å². The molecule has 1 unspecified atom stereocenters. The molecule has 2 rings (SSSR count). The predicted octanol–water partition coefficient (Wildman–Crippen LogP) is 5.61. The molecule has 0 amide bonds. The zero-order valence-corrected chi connectivity index (χ0v) is 13.8. The number of halogens is 3. The lowest BCUT2D eigenvalue weighted by Gasteiger charge is -2.16. The minimum absolute atomic E-state index is 0.199. The SMILES string of the molecule is Cc1cccc(C(=O)C(C)Oc2ccc(Cl)cc2Cl)c1Cl. The molecule has 1 atom stereocenters. The quantitative estimate of drug-likeness (QED) is 0.675. The van der Waals surface area contributed by atoms with Gasteiger partial charge in [-0.1, -0.05) is 46.9 Å². The van der Waals surface area contributed by atoms with Gasteiger partial charge in [0.25, 0.3) is 0 Å². The van der Waals surface area contributed by atoms with Gasteiger partial charge in [-0.15, -0.1) is 0 Å². The Morgan fingerprint density at radius 1 is 1.14 bits per heavy atom. The number of hydrogen-bond acceptors (Lipinski definition) is 2. The van der Waals surface area contributed by atoms with Gasteiger partial charge in [0.2, 0.25) is 5.78 Å². The summed E-state index contributed by atoms with van der Waals surface area (Å²) in [6, 6.07) is 10.2. The van der Waals surface area contributed by atoms with Gasteiger partial charge >= 0.3 is 0 Å². The molecular weight excluding hydrogens is 331 g/mol. The first-order valence-electron chi connectivity index (χ1n) is 6.31. The van der Waals surface area contributed by atoms with Gasteiger partial charge in [-0.3, -0.25) is 4.79 Å². The van der Waals surface area contributed by atoms with Crippen LogP contribution in [0.2, 0.25) is 15.1 Å². The van der Waals surface area contributed by atoms with E-state index in [9.17, 15) is 4.79 Å². The molecule has 0 spiro atoms. The molecule has 0 N–H and O–H groups in total. The highest BCUT2D eigenvalue weighted by Crippen LogP contribution is 2.29. The highest BCUT2D eigenvalue weighted by molar-refractivity contribution is 6.36. The zero-order chi connectivity index (χ0) is 15.6. The number of ketones is 1. The largest absolute Gasteiger partial charge is 0.481 e. The van der Waals surface area contributed by atoms with Crippen LogP contribution in [-0.4, -0.2) is 11.9 Å². The zero-order valence-electron chi connectivity index (χ0n) is 11.5. The van der Waals surface area contributed by atoms with Gasteiger partial charge in [0, 0.05) is 10.6 Å². The summed E-state index contributed by atoms with van der Waals surface area (Å²) in [4.78, 5) is 12.4. The van der Waals surface area contributed by atoms with Crippen molar-refractivity contribution in [3.63, 3.8) is 0 Å². The number of ether oxygens (including phenoxy) is 1. The van der Waals surface area contributed by atoms with E-state index in [1.165, 1.54) is 0 Å². The van der Waals surface area contributed by atoms with Crippen molar-refractivity contribution < 1.29 is 9.53 Å². The van der Waals surface area contributed by atoms with Crippen molar-refractivity contribution in [2.24, 2.45) is 0 Å². The Labute approximate surface area is 138 Å². The van der Waals surface area contributed by atoms with Crippen molar-refractivity contribution >= 4 is 40.6 Å². The summed E-state index contributed by atoms with van der Waals surface area (Å²) in [7, 11) is 0. The lowest BCUT2D eigenvalue weighted by atomic mass is 10.0. The summed E-state index contributed by atoms with van der Waals surface area (Å²) in [5.41, 5.74) is 1.29. The molecule has 2 nitrogen and oxygen atoms in total. The minimum Gasteiger partial charge on any atom is -0.481 e. The van der Waals surface area contributed by atoms with E-state index in [4.69, 9.17) is 39.5 Å². The van der Waals surface area contributed by atoms with Crippen molar-refractivity contribution in [1.82, 2.24) is 0 Å². The fourth-order valence-corrected chi connectivity index (χ4v) is 2.54. The first-order chi connectivity index (χ1) is 9.90. The highest BCUT2D eigenvalue weighted by Gasteiger charge is 2.21. The van der Waals surface area contributed by atoms with E-state index >= 15 is 0 Å². The molecule has 21 heavy (non-hydrogen) atoms. The van der Waals surface area contributed by atoms with Crippen LogP contribution in [0.25, 0.3) is 0 Å². The van der Waals surface area contributed by atoms with Gasteiger partial charge in [-0.25, -0.2) is 0 Å². The number of Topliss-reactive ketones (excluding diaryl/α,β-unsaturated/α-hetero) is 1. The lowest BCUT2D eigenvalue weighted by molar-refractivity contribution is 0.0818. The van der Waals surface area contributed by atoms with Crippen LogP contribution in [0.15, 0.2) is 36.4 Å². The summed E-state index contributed by atoms with van der Waals surface area (Å²) in [6.45, 7) is 3.51. The Hall–Kier alpha value is -1.22. The van der Waals surface area contributed by atoms with Crippen LogP contribution in [0.1, 0.15) is 22.8 Å². The van der Waals surface area contributed by atoms with Crippen LogP contribution >= 0.6 is 34.8 Å². The second kappa shape index (κ2) is 6.69. The molecule has 0 radical (unpaired) electrons. The summed E-state index contributed by atoms with van der Waals surface area (Å²) < 4.78 is 5.61. The molecule has 0 heterocycles. The Balaban J connectivity index is 2.21. The van der Waals surface area contributed by atoms with E-state index in [1.807, 2.05) is 13.0 Å². The smallest absolute Gasteiger partial charge is 0.204 e. The van der Waals surface area contributed by atoms with Gasteiger partial charge in [0.1, 0.15) is 5.75 Å². The van der Waals surface area contributed by atoms with Crippen LogP contribution < -0.4 is 4.74 Å². The lowest BCUT2D eigenvalue weighted by Crippen LogP contribution is -2.24. The number of hydrogen-bond donors (Lipinski definition) is 0. The van der Waals surface area contributed by atoms with Crippen molar-refractivity contribution in [3.8, 4) is 5.75 Å². The molecule has 0 aliphatic rings. The summed E-state index contributed by atoms with van der Waals surface area (Å²) in [5, 5.41) is 1.31. The first-order valence-corrected chi connectivity index (χ1v) is 7.44. The Morgan fingerprint density at radius 2 is 1.86 bits per heavy atom. The highest BCUT2D eigenvalue weighted by atomic mass is 35.5. The normalized spacial score (nSPS) is 12.0. The Kier molecular flexibility index (Phi) is 5.15. The van der Waals surface area contributed by atoms with E-state index in [0.717, 1.165) is 5.56 Å². The van der Waals surface area contributed by atoms with Crippen molar-refractivity contribution in [2.75, 3.05) is 0 Å². The molecule has 0 aliphatic carbocycles. The van der Waals surface area contributed by atoms with Gasteiger partial charge in [0.15, 0.2) is 6.10 Å². The molecule has 0 saturated heterocycles. The Morgan fingerprint density at radius 3 is 2.52 bits per heavy atom. The third kappa shape index (κ3) is 3.70. The van der Waals surface area contributed by atoms with Crippen LogP contribution in [-0.2, 0) is 0 Å². The third-order valence-electron chi connectivity index (χ3n) is 3.02. The number of aryl methyl sites for hydroxylation is 1. The van der Waals surface area contributed by atoms with Gasteiger partial charge in [-0.05, 0) is 43.7 Å². The van der Waals surface area contributed by atoms with E-state index in [1.54, 1.807) is 37.3 Å². The van der Waals surface area contributed by atoms with Crippen molar-refractivity contribution in [3.05, 3.63) is 62.6 Å². The van der Waals surface area contributed by atoms with Crippen LogP contribution in [0.3, 0.4) is 0 Å². The Bertz CT molecular complexity index is 683. The molecule has 0 aliphatic heterocycles. The van der Waals surface area contributed by atoms with E-state index in [-0.39, 0.29) is 5.78 Å². The minimum atomic E-state index is -0.706.